The molecule has 2 amide bonds. The molecule has 3 aromatic rings. The first kappa shape index (κ1) is 14.7. The minimum Gasteiger partial charge on any atom is -0.368 e. The number of carbonyl (C=O) groups is 2. The molecule has 0 aliphatic rings. The molecule has 1 heterocycles. The molecule has 0 spiro atoms. The number of amides is 2. The van der Waals surface area contributed by atoms with Crippen molar-refractivity contribution in [2.45, 2.75) is 0 Å². The number of nitrogens with zero attached hydrogens (tertiary/aromatic N) is 1. The second-order valence-electron chi connectivity index (χ2n) is 4.91. The second-order valence-corrected chi connectivity index (χ2v) is 4.91. The van der Waals surface area contributed by atoms with Gasteiger partial charge in [-0.25, -0.2) is 5.48 Å². The van der Waals surface area contributed by atoms with Gasteiger partial charge in [0.2, 0.25) is 5.91 Å². The first-order chi connectivity index (χ1) is 11.1. The largest absolute Gasteiger partial charge is 0.368 e. The smallest absolute Gasteiger partial charge is 0.292 e. The molecule has 1 aromatic heterocycles. The van der Waals surface area contributed by atoms with Crippen LogP contribution in [0.5, 0.6) is 0 Å². The van der Waals surface area contributed by atoms with Gasteiger partial charge in [-0.2, -0.15) is 5.10 Å². The average Bonchev–Trinajstić information content (AvgIpc) is 3.04. The molecule has 0 aliphatic carbocycles. The van der Waals surface area contributed by atoms with Crippen LogP contribution in [0.25, 0.3) is 22.0 Å². The summed E-state index contributed by atoms with van der Waals surface area (Å²) in [5.41, 5.74) is 8.76. The molecule has 116 valence electrons. The zero-order valence-corrected chi connectivity index (χ0v) is 12.1. The van der Waals surface area contributed by atoms with Crippen LogP contribution < -0.4 is 11.2 Å². The fourth-order valence-corrected chi connectivity index (χ4v) is 2.16. The summed E-state index contributed by atoms with van der Waals surface area (Å²) in [7, 11) is 0. The lowest BCUT2D eigenvalue weighted by Gasteiger charge is -2.01. The highest BCUT2D eigenvalue weighted by Gasteiger charge is 2.11. The number of hydroxylamine groups is 1. The molecular weight excluding hydrogens is 296 g/mol. The molecule has 2 aromatic carbocycles. The van der Waals surface area contributed by atoms with E-state index >= 15 is 0 Å². The highest BCUT2D eigenvalue weighted by atomic mass is 16.7. The van der Waals surface area contributed by atoms with E-state index in [9.17, 15) is 9.59 Å². The number of hydrogen-bond acceptors (Lipinski definition) is 4. The quantitative estimate of drug-likeness (QED) is 0.618. The van der Waals surface area contributed by atoms with Crippen molar-refractivity contribution in [3.8, 4) is 11.3 Å². The third-order valence-electron chi connectivity index (χ3n) is 3.25. The summed E-state index contributed by atoms with van der Waals surface area (Å²) in [5, 5.41) is 8.97. The lowest BCUT2D eigenvalue weighted by Crippen LogP contribution is -2.29. The van der Waals surface area contributed by atoms with Gasteiger partial charge in [0, 0.05) is 5.56 Å². The van der Waals surface area contributed by atoms with Crippen LogP contribution in [0.15, 0.2) is 48.5 Å². The number of nitrogens with one attached hydrogen (secondary N) is 2. The fourth-order valence-electron chi connectivity index (χ4n) is 2.16. The Bertz CT molecular complexity index is 872. The van der Waals surface area contributed by atoms with Crippen LogP contribution in [0, 0.1) is 0 Å². The highest BCUT2D eigenvalue weighted by molar-refractivity contribution is 5.93. The Hall–Kier alpha value is -3.19. The molecular formula is C16H14N4O3. The Balaban J connectivity index is 1.77. The van der Waals surface area contributed by atoms with Crippen LogP contribution in [0.1, 0.15) is 10.5 Å². The third kappa shape index (κ3) is 3.35. The highest BCUT2D eigenvalue weighted by Crippen LogP contribution is 2.23. The molecule has 0 bridgehead atoms. The van der Waals surface area contributed by atoms with Crippen molar-refractivity contribution in [2.24, 2.45) is 5.73 Å². The number of carbonyl (C=O) groups excluding carboxylic acids is 2. The minimum absolute atomic E-state index is 0.220. The van der Waals surface area contributed by atoms with Crippen molar-refractivity contribution >= 4 is 22.6 Å². The molecule has 7 nitrogen and oxygen atoms in total. The molecule has 0 unspecified atom stereocenters. The number of nitrogens with two attached hydrogens (primary N) is 1. The van der Waals surface area contributed by atoms with Crippen molar-refractivity contribution in [3.05, 3.63) is 54.2 Å². The van der Waals surface area contributed by atoms with E-state index in [-0.39, 0.29) is 5.69 Å². The first-order valence-electron chi connectivity index (χ1n) is 6.88. The summed E-state index contributed by atoms with van der Waals surface area (Å²) in [6.45, 7) is -0.391. The number of hydrogen-bond donors (Lipinski definition) is 3. The lowest BCUT2D eigenvalue weighted by atomic mass is 10.1. The van der Waals surface area contributed by atoms with E-state index in [1.807, 2.05) is 42.5 Å². The summed E-state index contributed by atoms with van der Waals surface area (Å²) in [6, 6.07) is 15.5. The SMILES string of the molecule is NC(=O)CONC(=O)c1cc(-c2ccc3ccccc3c2)n[nH]1. The van der Waals surface area contributed by atoms with Crippen molar-refractivity contribution in [3.63, 3.8) is 0 Å². The number of fused-ring (bicyclic) bond motifs is 1. The monoisotopic (exact) mass is 310 g/mol. The molecule has 0 saturated carbocycles. The molecule has 0 atom stereocenters. The zero-order chi connectivity index (χ0) is 16.2. The molecule has 0 saturated heterocycles. The molecule has 4 N–H and O–H groups in total. The Morgan fingerprint density at radius 3 is 2.70 bits per heavy atom. The molecule has 0 radical (unpaired) electrons. The average molecular weight is 310 g/mol. The molecule has 23 heavy (non-hydrogen) atoms. The van der Waals surface area contributed by atoms with E-state index < -0.39 is 18.4 Å². The van der Waals surface area contributed by atoms with Gasteiger partial charge in [-0.05, 0) is 22.9 Å². The van der Waals surface area contributed by atoms with Gasteiger partial charge in [-0.1, -0.05) is 36.4 Å². The van der Waals surface area contributed by atoms with Crippen LogP contribution in [0.2, 0.25) is 0 Å². The van der Waals surface area contributed by atoms with E-state index in [2.05, 4.69) is 20.5 Å². The Labute approximate surface area is 131 Å². The van der Waals surface area contributed by atoms with E-state index in [0.717, 1.165) is 16.3 Å². The van der Waals surface area contributed by atoms with E-state index in [1.54, 1.807) is 6.07 Å². The van der Waals surface area contributed by atoms with Crippen molar-refractivity contribution in [2.75, 3.05) is 6.61 Å². The van der Waals surface area contributed by atoms with Gasteiger partial charge in [-0.3, -0.25) is 19.5 Å². The van der Waals surface area contributed by atoms with E-state index in [0.29, 0.717) is 5.69 Å². The zero-order valence-electron chi connectivity index (χ0n) is 12.1. The summed E-state index contributed by atoms with van der Waals surface area (Å²) >= 11 is 0. The van der Waals surface area contributed by atoms with Gasteiger partial charge in [0.05, 0.1) is 5.69 Å². The maximum Gasteiger partial charge on any atom is 0.292 e. The fraction of sp³-hybridized carbons (Fsp3) is 0.0625. The molecule has 0 fully saturated rings. The van der Waals surface area contributed by atoms with Crippen LogP contribution in [0.3, 0.4) is 0 Å². The maximum atomic E-state index is 11.8. The standard InChI is InChI=1S/C16H14N4O3/c17-15(21)9-23-20-16(22)14-8-13(18-19-14)12-6-5-10-3-1-2-4-11(10)7-12/h1-8H,9H2,(H2,17,21)(H,18,19)(H,20,22). The van der Waals surface area contributed by atoms with Gasteiger partial charge >= 0.3 is 0 Å². The van der Waals surface area contributed by atoms with Crippen molar-refractivity contribution in [1.82, 2.24) is 15.7 Å². The van der Waals surface area contributed by atoms with Crippen molar-refractivity contribution < 1.29 is 14.4 Å². The van der Waals surface area contributed by atoms with Gasteiger partial charge in [0.15, 0.2) is 6.61 Å². The maximum absolute atomic E-state index is 11.8. The van der Waals surface area contributed by atoms with Gasteiger partial charge < -0.3 is 5.73 Å². The summed E-state index contributed by atoms with van der Waals surface area (Å²) in [4.78, 5) is 27.0. The van der Waals surface area contributed by atoms with Crippen LogP contribution >= 0.6 is 0 Å². The molecule has 7 heteroatoms. The number of rotatable bonds is 5. The topological polar surface area (TPSA) is 110 Å². The van der Waals surface area contributed by atoms with E-state index in [4.69, 9.17) is 5.73 Å². The van der Waals surface area contributed by atoms with Crippen LogP contribution in [-0.4, -0.2) is 28.6 Å². The van der Waals surface area contributed by atoms with Gasteiger partial charge in [-0.15, -0.1) is 0 Å². The summed E-state index contributed by atoms with van der Waals surface area (Å²) in [5.74, 6) is -1.21. The molecule has 3 rings (SSSR count). The molecule has 0 aliphatic heterocycles. The normalized spacial score (nSPS) is 10.6. The first-order valence-corrected chi connectivity index (χ1v) is 6.88. The number of H-pyrrole nitrogens is 1. The predicted octanol–water partition coefficient (Wildman–Crippen LogP) is 1.38. The second kappa shape index (κ2) is 6.29. The van der Waals surface area contributed by atoms with E-state index in [1.165, 1.54) is 0 Å². The summed E-state index contributed by atoms with van der Waals surface area (Å²) < 4.78 is 0. The predicted molar refractivity (Wildman–Crippen MR) is 84.1 cm³/mol. The van der Waals surface area contributed by atoms with Gasteiger partial charge in [0.25, 0.3) is 5.91 Å². The van der Waals surface area contributed by atoms with Crippen LogP contribution in [0.4, 0.5) is 0 Å². The number of primary amides is 1. The van der Waals surface area contributed by atoms with Crippen molar-refractivity contribution in [1.29, 1.82) is 0 Å². The number of benzene rings is 2. The lowest BCUT2D eigenvalue weighted by molar-refractivity contribution is -0.124. The number of aromatic nitrogens is 2. The number of aromatic amines is 1. The summed E-state index contributed by atoms with van der Waals surface area (Å²) in [6.07, 6.45) is 0. The minimum atomic E-state index is -0.674. The Morgan fingerprint density at radius 1 is 1.13 bits per heavy atom. The van der Waals surface area contributed by atoms with Crippen LogP contribution in [-0.2, 0) is 9.63 Å². The third-order valence-corrected chi connectivity index (χ3v) is 3.25. The van der Waals surface area contributed by atoms with Gasteiger partial charge in [0.1, 0.15) is 5.69 Å². The Morgan fingerprint density at radius 2 is 1.91 bits per heavy atom. The Kier molecular flexibility index (Phi) is 4.03.